The van der Waals surface area contributed by atoms with E-state index in [0.717, 1.165) is 12.5 Å². The van der Waals surface area contributed by atoms with Gasteiger partial charge in [-0.1, -0.05) is 36.3 Å². The zero-order chi connectivity index (χ0) is 10.7. The number of hydrogen-bond acceptors (Lipinski definition) is 1. The molecular weight excluding hydrogens is 182 g/mol. The molecule has 0 aliphatic heterocycles. The van der Waals surface area contributed by atoms with Gasteiger partial charge in [0.25, 0.3) is 0 Å². The molecule has 1 aromatic rings. The minimum Gasteiger partial charge on any atom is -0.292 e. The maximum atomic E-state index is 5.30. The van der Waals surface area contributed by atoms with Gasteiger partial charge in [0.1, 0.15) is 0 Å². The summed E-state index contributed by atoms with van der Waals surface area (Å²) >= 11 is 0. The van der Waals surface area contributed by atoms with Gasteiger partial charge in [-0.05, 0) is 31.4 Å². The van der Waals surface area contributed by atoms with Crippen LogP contribution in [0.15, 0.2) is 30.3 Å². The third-order valence-corrected chi connectivity index (χ3v) is 3.13. The van der Waals surface area contributed by atoms with Crippen molar-refractivity contribution < 1.29 is 0 Å². The Labute approximate surface area is 92.1 Å². The molecule has 78 valence electrons. The van der Waals surface area contributed by atoms with Gasteiger partial charge in [0.15, 0.2) is 0 Å². The molecule has 1 heteroatoms. The summed E-state index contributed by atoms with van der Waals surface area (Å²) in [5, 5.41) is 0. The molecular formula is C14H17N. The molecule has 0 radical (unpaired) electrons. The molecule has 0 aromatic heterocycles. The van der Waals surface area contributed by atoms with Crippen molar-refractivity contribution in [3.05, 3.63) is 35.9 Å². The van der Waals surface area contributed by atoms with Gasteiger partial charge >= 0.3 is 0 Å². The lowest BCUT2D eigenvalue weighted by Gasteiger charge is -2.12. The highest BCUT2D eigenvalue weighted by atomic mass is 15.2. The molecule has 1 aliphatic rings. The Morgan fingerprint density at radius 2 is 2.13 bits per heavy atom. The van der Waals surface area contributed by atoms with E-state index in [0.29, 0.717) is 6.04 Å². The molecule has 0 unspecified atom stereocenters. The molecule has 1 aromatic carbocycles. The Hall–Kier alpha value is -1.26. The van der Waals surface area contributed by atoms with Crippen LogP contribution in [0, 0.1) is 18.3 Å². The van der Waals surface area contributed by atoms with Gasteiger partial charge in [-0.2, -0.15) is 0 Å². The van der Waals surface area contributed by atoms with Gasteiger partial charge in [0, 0.05) is 6.04 Å². The molecule has 15 heavy (non-hydrogen) atoms. The second-order valence-electron chi connectivity index (χ2n) is 4.37. The van der Waals surface area contributed by atoms with Gasteiger partial charge in [-0.25, -0.2) is 0 Å². The highest BCUT2D eigenvalue weighted by Crippen LogP contribution is 2.37. The fraction of sp³-hybridized carbons (Fsp3) is 0.429. The third-order valence-electron chi connectivity index (χ3n) is 3.13. The average Bonchev–Trinajstić information content (AvgIpc) is 2.99. The smallest absolute Gasteiger partial charge is 0.0598 e. The Morgan fingerprint density at radius 3 is 2.80 bits per heavy atom. The molecule has 1 nitrogen and oxygen atoms in total. The first-order chi connectivity index (χ1) is 7.31. The maximum Gasteiger partial charge on any atom is 0.0598 e. The van der Waals surface area contributed by atoms with Gasteiger partial charge in [0.05, 0.1) is 6.54 Å². The van der Waals surface area contributed by atoms with Crippen molar-refractivity contribution in [2.45, 2.75) is 18.9 Å². The lowest BCUT2D eigenvalue weighted by atomic mass is 10.1. The van der Waals surface area contributed by atoms with Crippen LogP contribution in [-0.4, -0.2) is 24.5 Å². The summed E-state index contributed by atoms with van der Waals surface area (Å²) in [5.41, 5.74) is 1.44. The van der Waals surface area contributed by atoms with Crippen LogP contribution in [0.3, 0.4) is 0 Å². The molecule has 0 spiro atoms. The normalized spacial score (nSPS) is 23.8. The Kier molecular flexibility index (Phi) is 3.08. The van der Waals surface area contributed by atoms with E-state index in [1.807, 2.05) is 0 Å². The van der Waals surface area contributed by atoms with Crippen LogP contribution in [0.2, 0.25) is 0 Å². The number of nitrogens with zero attached hydrogens (tertiary/aromatic N) is 1. The second kappa shape index (κ2) is 4.51. The first-order valence-electron chi connectivity index (χ1n) is 5.49. The monoisotopic (exact) mass is 199 g/mol. The molecule has 1 fully saturated rings. The first kappa shape index (κ1) is 10.3. The fourth-order valence-electron chi connectivity index (χ4n) is 2.17. The SMILES string of the molecule is C#CCN(C)[C@@H]1C[C@H]1Cc1ccccc1. The van der Waals surface area contributed by atoms with Crippen molar-refractivity contribution in [3.8, 4) is 12.3 Å². The van der Waals surface area contributed by atoms with Crippen LogP contribution in [0.25, 0.3) is 0 Å². The summed E-state index contributed by atoms with van der Waals surface area (Å²) in [7, 11) is 2.12. The van der Waals surface area contributed by atoms with Crippen LogP contribution < -0.4 is 0 Å². The van der Waals surface area contributed by atoms with Crippen LogP contribution in [0.5, 0.6) is 0 Å². The van der Waals surface area contributed by atoms with Crippen LogP contribution in [0.1, 0.15) is 12.0 Å². The van der Waals surface area contributed by atoms with Gasteiger partial charge < -0.3 is 0 Å². The third kappa shape index (κ3) is 2.61. The predicted molar refractivity (Wildman–Crippen MR) is 63.5 cm³/mol. The van der Waals surface area contributed by atoms with E-state index < -0.39 is 0 Å². The van der Waals surface area contributed by atoms with E-state index in [-0.39, 0.29) is 0 Å². The number of hydrogen-bond donors (Lipinski definition) is 0. The van der Waals surface area contributed by atoms with E-state index in [1.165, 1.54) is 18.4 Å². The van der Waals surface area contributed by atoms with Crippen molar-refractivity contribution in [1.82, 2.24) is 4.90 Å². The molecule has 2 rings (SSSR count). The van der Waals surface area contributed by atoms with E-state index in [4.69, 9.17) is 6.42 Å². The summed E-state index contributed by atoms with van der Waals surface area (Å²) in [4.78, 5) is 2.29. The molecule has 0 bridgehead atoms. The number of rotatable bonds is 4. The molecule has 0 amide bonds. The lowest BCUT2D eigenvalue weighted by Crippen LogP contribution is -2.22. The minimum absolute atomic E-state index is 0.709. The molecule has 1 saturated carbocycles. The maximum absolute atomic E-state index is 5.30. The summed E-state index contributed by atoms with van der Waals surface area (Å²) < 4.78 is 0. The van der Waals surface area contributed by atoms with Crippen molar-refractivity contribution in [1.29, 1.82) is 0 Å². The summed E-state index contributed by atoms with van der Waals surface area (Å²) in [5.74, 6) is 3.51. The van der Waals surface area contributed by atoms with E-state index >= 15 is 0 Å². The Morgan fingerprint density at radius 1 is 1.40 bits per heavy atom. The summed E-state index contributed by atoms with van der Waals surface area (Å²) in [6.07, 6.45) is 7.79. The van der Waals surface area contributed by atoms with Crippen molar-refractivity contribution in [3.63, 3.8) is 0 Å². The largest absolute Gasteiger partial charge is 0.292 e. The lowest BCUT2D eigenvalue weighted by molar-refractivity contribution is 0.346. The Bertz CT molecular complexity index is 349. The highest BCUT2D eigenvalue weighted by Gasteiger charge is 2.39. The Balaban J connectivity index is 1.83. The number of terminal acetylenes is 1. The molecule has 1 aliphatic carbocycles. The summed E-state index contributed by atoms with van der Waals surface area (Å²) in [6.45, 7) is 0.774. The van der Waals surface area contributed by atoms with E-state index in [2.05, 4.69) is 48.2 Å². The molecule has 0 heterocycles. The predicted octanol–water partition coefficient (Wildman–Crippen LogP) is 2.18. The molecule has 2 atom stereocenters. The van der Waals surface area contributed by atoms with Gasteiger partial charge in [-0.15, -0.1) is 6.42 Å². The highest BCUT2D eigenvalue weighted by molar-refractivity contribution is 5.17. The zero-order valence-electron chi connectivity index (χ0n) is 9.19. The zero-order valence-corrected chi connectivity index (χ0v) is 9.19. The van der Waals surface area contributed by atoms with Crippen LogP contribution in [-0.2, 0) is 6.42 Å². The van der Waals surface area contributed by atoms with E-state index in [9.17, 15) is 0 Å². The second-order valence-corrected chi connectivity index (χ2v) is 4.37. The van der Waals surface area contributed by atoms with Crippen molar-refractivity contribution in [2.75, 3.05) is 13.6 Å². The fourth-order valence-corrected chi connectivity index (χ4v) is 2.17. The van der Waals surface area contributed by atoms with Gasteiger partial charge in [0.2, 0.25) is 0 Å². The summed E-state index contributed by atoms with van der Waals surface area (Å²) in [6, 6.07) is 11.4. The number of benzene rings is 1. The first-order valence-corrected chi connectivity index (χ1v) is 5.49. The topological polar surface area (TPSA) is 3.24 Å². The average molecular weight is 199 g/mol. The van der Waals surface area contributed by atoms with Crippen LogP contribution >= 0.6 is 0 Å². The minimum atomic E-state index is 0.709. The van der Waals surface area contributed by atoms with Gasteiger partial charge in [-0.3, -0.25) is 4.90 Å². The van der Waals surface area contributed by atoms with Crippen molar-refractivity contribution in [2.24, 2.45) is 5.92 Å². The standard InChI is InChI=1S/C14H17N/c1-3-9-15(2)14-11-13(14)10-12-7-5-4-6-8-12/h1,4-8,13-14H,9-11H2,2H3/t13-,14-/m1/s1. The quantitative estimate of drug-likeness (QED) is 0.672. The van der Waals surface area contributed by atoms with E-state index in [1.54, 1.807) is 0 Å². The van der Waals surface area contributed by atoms with Crippen LogP contribution in [0.4, 0.5) is 0 Å². The molecule has 0 N–H and O–H groups in total. The van der Waals surface area contributed by atoms with Crippen molar-refractivity contribution >= 4 is 0 Å². The molecule has 0 saturated heterocycles.